The van der Waals surface area contributed by atoms with Crippen LogP contribution in [0.25, 0.3) is 0 Å². The molecule has 0 bridgehead atoms. The second-order valence-corrected chi connectivity index (χ2v) is 7.65. The third kappa shape index (κ3) is 4.91. The summed E-state index contributed by atoms with van der Waals surface area (Å²) in [6.45, 7) is 4.68. The molecule has 2 N–H and O–H groups in total. The minimum absolute atomic E-state index is 0.0131. The van der Waals surface area contributed by atoms with Crippen molar-refractivity contribution in [2.75, 3.05) is 13.4 Å². The summed E-state index contributed by atoms with van der Waals surface area (Å²) >= 11 is 0. The number of unbranched alkanes of at least 4 members (excludes halogenated alkanes) is 2. The van der Waals surface area contributed by atoms with E-state index in [1.54, 1.807) is 0 Å². The number of esters is 1. The molecular formula is C18H32O5. The van der Waals surface area contributed by atoms with Gasteiger partial charge in [0.1, 0.15) is 12.9 Å². The van der Waals surface area contributed by atoms with Crippen molar-refractivity contribution in [2.24, 2.45) is 17.3 Å². The lowest BCUT2D eigenvalue weighted by atomic mass is 9.77. The topological polar surface area (TPSA) is 76.0 Å². The average Bonchev–Trinajstić information content (AvgIpc) is 2.99. The Kier molecular flexibility index (Phi) is 6.86. The van der Waals surface area contributed by atoms with Gasteiger partial charge in [-0.1, -0.05) is 33.1 Å². The Morgan fingerprint density at radius 2 is 2.13 bits per heavy atom. The SMILES string of the molecule is CCCCCC(C)(CCC1C2CC(=O)O[C@H]2C[C@H]1O)COCO. The summed E-state index contributed by atoms with van der Waals surface area (Å²) in [6, 6.07) is 0. The fourth-order valence-corrected chi connectivity index (χ4v) is 4.26. The fourth-order valence-electron chi connectivity index (χ4n) is 4.26. The highest BCUT2D eigenvalue weighted by molar-refractivity contribution is 5.72. The van der Waals surface area contributed by atoms with Crippen molar-refractivity contribution in [3.63, 3.8) is 0 Å². The number of aliphatic hydroxyl groups is 2. The Morgan fingerprint density at radius 3 is 2.83 bits per heavy atom. The number of carbonyl (C=O) groups excluding carboxylic acids is 1. The van der Waals surface area contributed by atoms with Crippen molar-refractivity contribution in [3.05, 3.63) is 0 Å². The van der Waals surface area contributed by atoms with Crippen molar-refractivity contribution >= 4 is 5.97 Å². The molecule has 2 rings (SSSR count). The van der Waals surface area contributed by atoms with Gasteiger partial charge < -0.3 is 19.7 Å². The number of carbonyl (C=O) groups is 1. The van der Waals surface area contributed by atoms with Crippen LogP contribution in [0.4, 0.5) is 0 Å². The second kappa shape index (κ2) is 8.45. The predicted molar refractivity (Wildman–Crippen MR) is 86.6 cm³/mol. The zero-order valence-electron chi connectivity index (χ0n) is 14.5. The zero-order valence-corrected chi connectivity index (χ0v) is 14.5. The van der Waals surface area contributed by atoms with Crippen molar-refractivity contribution < 1.29 is 24.5 Å². The second-order valence-electron chi connectivity index (χ2n) is 7.65. The quantitative estimate of drug-likeness (QED) is 0.366. The van der Waals surface area contributed by atoms with Crippen LogP contribution < -0.4 is 0 Å². The van der Waals surface area contributed by atoms with Crippen LogP contribution in [0, 0.1) is 17.3 Å². The highest BCUT2D eigenvalue weighted by atomic mass is 16.6. The van der Waals surface area contributed by atoms with Crippen LogP contribution in [0.15, 0.2) is 0 Å². The van der Waals surface area contributed by atoms with E-state index in [1.807, 2.05) is 0 Å². The summed E-state index contributed by atoms with van der Waals surface area (Å²) in [5.41, 5.74) is 0.0131. The molecule has 1 aliphatic carbocycles. The van der Waals surface area contributed by atoms with E-state index in [1.165, 1.54) is 12.8 Å². The van der Waals surface area contributed by atoms with Gasteiger partial charge in [0, 0.05) is 12.3 Å². The van der Waals surface area contributed by atoms with E-state index in [0.29, 0.717) is 19.4 Å². The summed E-state index contributed by atoms with van der Waals surface area (Å²) in [7, 11) is 0. The molecule has 134 valence electrons. The van der Waals surface area contributed by atoms with Gasteiger partial charge in [-0.15, -0.1) is 0 Å². The van der Waals surface area contributed by atoms with Gasteiger partial charge in [0.2, 0.25) is 0 Å². The maximum Gasteiger partial charge on any atom is 0.306 e. The zero-order chi connectivity index (χ0) is 16.9. The molecule has 0 radical (unpaired) electrons. The minimum atomic E-state index is -0.364. The molecule has 0 spiro atoms. The van der Waals surface area contributed by atoms with Gasteiger partial charge in [-0.05, 0) is 30.6 Å². The molecular weight excluding hydrogens is 296 g/mol. The Hall–Kier alpha value is -0.650. The van der Waals surface area contributed by atoms with E-state index in [2.05, 4.69) is 13.8 Å². The highest BCUT2D eigenvalue weighted by Crippen LogP contribution is 2.45. The molecule has 1 aliphatic heterocycles. The fraction of sp³-hybridized carbons (Fsp3) is 0.944. The molecule has 2 fully saturated rings. The summed E-state index contributed by atoms with van der Waals surface area (Å²) in [5.74, 6) is 0.202. The lowest BCUT2D eigenvalue weighted by molar-refractivity contribution is -0.141. The lowest BCUT2D eigenvalue weighted by Gasteiger charge is -2.31. The molecule has 2 aliphatic rings. The summed E-state index contributed by atoms with van der Waals surface area (Å²) in [4.78, 5) is 11.5. The van der Waals surface area contributed by atoms with E-state index in [-0.39, 0.29) is 42.2 Å². The van der Waals surface area contributed by atoms with Gasteiger partial charge in [0.15, 0.2) is 0 Å². The van der Waals surface area contributed by atoms with Crippen molar-refractivity contribution in [2.45, 2.75) is 77.4 Å². The summed E-state index contributed by atoms with van der Waals surface area (Å²) < 4.78 is 10.6. The number of hydrogen-bond donors (Lipinski definition) is 2. The molecule has 3 unspecified atom stereocenters. The maximum atomic E-state index is 11.5. The van der Waals surface area contributed by atoms with Crippen LogP contribution in [0.3, 0.4) is 0 Å². The minimum Gasteiger partial charge on any atom is -0.462 e. The normalized spacial score (nSPS) is 32.6. The lowest BCUT2D eigenvalue weighted by Crippen LogP contribution is -2.28. The standard InChI is InChI=1S/C18H32O5/c1-3-4-5-7-18(2,11-22-12-19)8-6-13-14-9-17(21)23-16(14)10-15(13)20/h13-16,19-20H,3-12H2,1-2H3/t13?,14?,15-,16+,18?/m1/s1. The number of ether oxygens (including phenoxy) is 2. The number of rotatable bonds is 10. The van der Waals surface area contributed by atoms with Crippen LogP contribution in [0.5, 0.6) is 0 Å². The third-order valence-corrected chi connectivity index (χ3v) is 5.69. The average molecular weight is 328 g/mol. The maximum absolute atomic E-state index is 11.5. The van der Waals surface area contributed by atoms with E-state index in [9.17, 15) is 9.90 Å². The molecule has 0 amide bonds. The van der Waals surface area contributed by atoms with Crippen LogP contribution in [-0.2, 0) is 14.3 Å². The monoisotopic (exact) mass is 328 g/mol. The molecule has 23 heavy (non-hydrogen) atoms. The molecule has 5 heteroatoms. The Balaban J connectivity index is 1.89. The summed E-state index contributed by atoms with van der Waals surface area (Å²) in [5, 5.41) is 19.3. The molecule has 1 saturated carbocycles. The van der Waals surface area contributed by atoms with Gasteiger partial charge in [0.25, 0.3) is 0 Å². The largest absolute Gasteiger partial charge is 0.462 e. The first-order chi connectivity index (χ1) is 11.0. The molecule has 0 aromatic carbocycles. The van der Waals surface area contributed by atoms with Gasteiger partial charge >= 0.3 is 5.97 Å². The Bertz CT molecular complexity index is 386. The van der Waals surface area contributed by atoms with Gasteiger partial charge in [0.05, 0.1) is 19.1 Å². The van der Waals surface area contributed by atoms with E-state index in [4.69, 9.17) is 14.6 Å². The highest BCUT2D eigenvalue weighted by Gasteiger charge is 2.49. The van der Waals surface area contributed by atoms with Crippen LogP contribution >= 0.6 is 0 Å². The van der Waals surface area contributed by atoms with E-state index in [0.717, 1.165) is 25.7 Å². The summed E-state index contributed by atoms with van der Waals surface area (Å²) in [6.07, 6.45) is 7.02. The molecule has 5 atom stereocenters. The van der Waals surface area contributed by atoms with Crippen molar-refractivity contribution in [1.82, 2.24) is 0 Å². The van der Waals surface area contributed by atoms with Gasteiger partial charge in [-0.25, -0.2) is 0 Å². The molecule has 0 aromatic heterocycles. The Labute approximate surface area is 139 Å². The van der Waals surface area contributed by atoms with E-state index >= 15 is 0 Å². The van der Waals surface area contributed by atoms with Crippen LogP contribution in [0.1, 0.15) is 65.2 Å². The van der Waals surface area contributed by atoms with Crippen LogP contribution in [0.2, 0.25) is 0 Å². The number of fused-ring (bicyclic) bond motifs is 1. The van der Waals surface area contributed by atoms with Gasteiger partial charge in [-0.3, -0.25) is 4.79 Å². The molecule has 5 nitrogen and oxygen atoms in total. The number of hydrogen-bond acceptors (Lipinski definition) is 5. The Morgan fingerprint density at radius 1 is 1.35 bits per heavy atom. The predicted octanol–water partition coefficient (Wildman–Crippen LogP) is 2.63. The number of aliphatic hydroxyl groups excluding tert-OH is 2. The van der Waals surface area contributed by atoms with Crippen LogP contribution in [-0.4, -0.2) is 41.8 Å². The molecule has 0 aromatic rings. The smallest absolute Gasteiger partial charge is 0.306 e. The first-order valence-electron chi connectivity index (χ1n) is 9.05. The van der Waals surface area contributed by atoms with E-state index < -0.39 is 0 Å². The molecule has 1 saturated heterocycles. The van der Waals surface area contributed by atoms with Gasteiger partial charge in [-0.2, -0.15) is 0 Å². The van der Waals surface area contributed by atoms with Crippen molar-refractivity contribution in [3.8, 4) is 0 Å². The first kappa shape index (κ1) is 18.7. The third-order valence-electron chi connectivity index (χ3n) is 5.69. The first-order valence-corrected chi connectivity index (χ1v) is 9.05. The molecule has 1 heterocycles. The van der Waals surface area contributed by atoms with Crippen molar-refractivity contribution in [1.29, 1.82) is 0 Å².